The van der Waals surface area contributed by atoms with Gasteiger partial charge in [0.15, 0.2) is 0 Å². The zero-order valence-corrected chi connectivity index (χ0v) is 13.7. The van der Waals surface area contributed by atoms with Crippen molar-refractivity contribution in [2.45, 2.75) is 64.8 Å². The Hall–Kier alpha value is -1.67. The third-order valence-corrected chi connectivity index (χ3v) is 3.21. The summed E-state index contributed by atoms with van der Waals surface area (Å²) in [6.45, 7) is 8.35. The lowest BCUT2D eigenvalue weighted by atomic mass is 9.89. The van der Waals surface area contributed by atoms with Crippen LogP contribution in [0.5, 0.6) is 0 Å². The SMILES string of the molecule is CC(C)C(NC(=O)[C@@H](C)NC(=O)[C@@H](N)CC(=O)O)C(C)(C)O. The van der Waals surface area contributed by atoms with Crippen molar-refractivity contribution in [1.82, 2.24) is 10.6 Å². The van der Waals surface area contributed by atoms with Crippen molar-refractivity contribution < 1.29 is 24.6 Å². The first kappa shape index (κ1) is 20.3. The fraction of sp³-hybridized carbons (Fsp3) is 0.786. The van der Waals surface area contributed by atoms with Gasteiger partial charge in [0.2, 0.25) is 11.8 Å². The second kappa shape index (κ2) is 8.09. The minimum atomic E-state index is -1.22. The third kappa shape index (κ3) is 6.86. The summed E-state index contributed by atoms with van der Waals surface area (Å²) >= 11 is 0. The molecule has 2 amide bonds. The Balaban J connectivity index is 4.66. The van der Waals surface area contributed by atoms with Crippen molar-refractivity contribution >= 4 is 17.8 Å². The van der Waals surface area contributed by atoms with Gasteiger partial charge in [-0.3, -0.25) is 14.4 Å². The molecule has 0 saturated carbocycles. The molecule has 3 atom stereocenters. The Morgan fingerprint density at radius 2 is 1.59 bits per heavy atom. The molecular formula is C14H27N3O5. The quantitative estimate of drug-likeness (QED) is 0.397. The number of hydrogen-bond acceptors (Lipinski definition) is 5. The molecule has 0 aromatic carbocycles. The van der Waals surface area contributed by atoms with Crippen molar-refractivity contribution in [1.29, 1.82) is 0 Å². The summed E-state index contributed by atoms with van der Waals surface area (Å²) in [5, 5.41) is 23.7. The van der Waals surface area contributed by atoms with Crippen molar-refractivity contribution in [2.24, 2.45) is 11.7 Å². The molecule has 0 radical (unpaired) electrons. The highest BCUT2D eigenvalue weighted by atomic mass is 16.4. The van der Waals surface area contributed by atoms with Crippen LogP contribution < -0.4 is 16.4 Å². The van der Waals surface area contributed by atoms with Gasteiger partial charge in [0.25, 0.3) is 0 Å². The van der Waals surface area contributed by atoms with Crippen LogP contribution in [0.15, 0.2) is 0 Å². The molecule has 8 nitrogen and oxygen atoms in total. The van der Waals surface area contributed by atoms with E-state index >= 15 is 0 Å². The van der Waals surface area contributed by atoms with Gasteiger partial charge in [-0.2, -0.15) is 0 Å². The highest BCUT2D eigenvalue weighted by Gasteiger charge is 2.32. The first-order valence-corrected chi connectivity index (χ1v) is 7.16. The predicted molar refractivity (Wildman–Crippen MR) is 80.9 cm³/mol. The maximum Gasteiger partial charge on any atom is 0.305 e. The number of amides is 2. The van der Waals surface area contributed by atoms with Crippen LogP contribution in [0, 0.1) is 5.92 Å². The minimum absolute atomic E-state index is 0.0129. The number of carbonyl (C=O) groups is 3. The van der Waals surface area contributed by atoms with E-state index in [-0.39, 0.29) is 5.92 Å². The van der Waals surface area contributed by atoms with Crippen LogP contribution in [0.4, 0.5) is 0 Å². The fourth-order valence-electron chi connectivity index (χ4n) is 2.10. The van der Waals surface area contributed by atoms with E-state index in [1.807, 2.05) is 13.8 Å². The fourth-order valence-corrected chi connectivity index (χ4v) is 2.10. The maximum atomic E-state index is 12.1. The Morgan fingerprint density at radius 3 is 1.95 bits per heavy atom. The molecule has 0 spiro atoms. The van der Waals surface area contributed by atoms with E-state index in [4.69, 9.17) is 10.8 Å². The Morgan fingerprint density at radius 1 is 1.09 bits per heavy atom. The predicted octanol–water partition coefficient (Wildman–Crippen LogP) is -0.795. The highest BCUT2D eigenvalue weighted by molar-refractivity contribution is 5.91. The van der Waals surface area contributed by atoms with Gasteiger partial charge in [-0.25, -0.2) is 0 Å². The summed E-state index contributed by atoms with van der Waals surface area (Å²) in [6.07, 6.45) is -0.515. The molecule has 0 rings (SSSR count). The molecule has 0 bridgehead atoms. The number of hydrogen-bond donors (Lipinski definition) is 5. The first-order chi connectivity index (χ1) is 9.86. The largest absolute Gasteiger partial charge is 0.481 e. The summed E-state index contributed by atoms with van der Waals surface area (Å²) in [6, 6.07) is -2.61. The molecule has 0 heterocycles. The average Bonchev–Trinajstić information content (AvgIpc) is 2.32. The number of nitrogens with one attached hydrogen (secondary N) is 2. The zero-order valence-electron chi connectivity index (χ0n) is 13.7. The second-order valence-corrected chi connectivity index (χ2v) is 6.32. The molecule has 0 aromatic rings. The summed E-state index contributed by atoms with van der Waals surface area (Å²) < 4.78 is 0. The number of carboxylic acids is 1. The summed E-state index contributed by atoms with van der Waals surface area (Å²) in [5.41, 5.74) is 4.30. The van der Waals surface area contributed by atoms with Crippen molar-refractivity contribution in [3.63, 3.8) is 0 Å². The van der Waals surface area contributed by atoms with Gasteiger partial charge in [0.05, 0.1) is 24.1 Å². The topological polar surface area (TPSA) is 142 Å². The first-order valence-electron chi connectivity index (χ1n) is 7.16. The van der Waals surface area contributed by atoms with Gasteiger partial charge < -0.3 is 26.6 Å². The van der Waals surface area contributed by atoms with E-state index in [0.717, 1.165) is 0 Å². The molecule has 0 saturated heterocycles. The second-order valence-electron chi connectivity index (χ2n) is 6.32. The molecule has 0 aromatic heterocycles. The zero-order chi connectivity index (χ0) is 17.7. The van der Waals surface area contributed by atoms with E-state index in [2.05, 4.69) is 10.6 Å². The normalized spacial score (nSPS) is 15.8. The molecule has 128 valence electrons. The lowest BCUT2D eigenvalue weighted by molar-refractivity contribution is -0.139. The van der Waals surface area contributed by atoms with Crippen LogP contribution in [0.25, 0.3) is 0 Å². The third-order valence-electron chi connectivity index (χ3n) is 3.21. The van der Waals surface area contributed by atoms with Crippen LogP contribution >= 0.6 is 0 Å². The molecule has 0 aliphatic carbocycles. The molecule has 1 unspecified atom stereocenters. The van der Waals surface area contributed by atoms with Crippen molar-refractivity contribution in [3.8, 4) is 0 Å². The number of aliphatic hydroxyl groups is 1. The highest BCUT2D eigenvalue weighted by Crippen LogP contribution is 2.16. The van der Waals surface area contributed by atoms with Gasteiger partial charge in [-0.15, -0.1) is 0 Å². The Bertz CT molecular complexity index is 417. The van der Waals surface area contributed by atoms with E-state index in [1.165, 1.54) is 6.92 Å². The Kier molecular flexibility index (Phi) is 7.48. The monoisotopic (exact) mass is 317 g/mol. The van der Waals surface area contributed by atoms with E-state index in [0.29, 0.717) is 0 Å². The number of carbonyl (C=O) groups excluding carboxylic acids is 2. The molecule has 0 fully saturated rings. The maximum absolute atomic E-state index is 12.1. The van der Waals surface area contributed by atoms with Gasteiger partial charge in [0.1, 0.15) is 6.04 Å². The number of carboxylic acid groups (broad SMARTS) is 1. The molecule has 0 aliphatic heterocycles. The van der Waals surface area contributed by atoms with Gasteiger partial charge >= 0.3 is 5.97 Å². The van der Waals surface area contributed by atoms with Crippen molar-refractivity contribution in [3.05, 3.63) is 0 Å². The van der Waals surface area contributed by atoms with E-state index < -0.39 is 47.9 Å². The van der Waals surface area contributed by atoms with Crippen LogP contribution in [0.3, 0.4) is 0 Å². The lowest BCUT2D eigenvalue weighted by Crippen LogP contribution is -2.57. The Labute approximate surface area is 130 Å². The summed E-state index contributed by atoms with van der Waals surface area (Å²) in [5.74, 6) is -2.39. The minimum Gasteiger partial charge on any atom is -0.481 e. The van der Waals surface area contributed by atoms with Crippen LogP contribution in [0.1, 0.15) is 41.0 Å². The molecular weight excluding hydrogens is 290 g/mol. The smallest absolute Gasteiger partial charge is 0.305 e. The van der Waals surface area contributed by atoms with Crippen molar-refractivity contribution in [2.75, 3.05) is 0 Å². The number of aliphatic carboxylic acids is 1. The lowest BCUT2D eigenvalue weighted by Gasteiger charge is -2.34. The van der Waals surface area contributed by atoms with Gasteiger partial charge in [0, 0.05) is 0 Å². The average molecular weight is 317 g/mol. The van der Waals surface area contributed by atoms with Gasteiger partial charge in [-0.1, -0.05) is 13.8 Å². The van der Waals surface area contributed by atoms with Gasteiger partial charge in [-0.05, 0) is 26.7 Å². The summed E-state index contributed by atoms with van der Waals surface area (Å²) in [4.78, 5) is 34.3. The number of rotatable bonds is 8. The number of nitrogens with two attached hydrogens (primary N) is 1. The van der Waals surface area contributed by atoms with E-state index in [9.17, 15) is 19.5 Å². The summed E-state index contributed by atoms with van der Waals surface area (Å²) in [7, 11) is 0. The van der Waals surface area contributed by atoms with Crippen LogP contribution in [-0.4, -0.2) is 51.7 Å². The molecule has 22 heavy (non-hydrogen) atoms. The molecule has 6 N–H and O–H groups in total. The van der Waals surface area contributed by atoms with E-state index in [1.54, 1.807) is 13.8 Å². The van der Waals surface area contributed by atoms with Crippen LogP contribution in [0.2, 0.25) is 0 Å². The molecule has 8 heteroatoms. The van der Waals surface area contributed by atoms with Crippen LogP contribution in [-0.2, 0) is 14.4 Å². The molecule has 0 aliphatic rings. The standard InChI is InChI=1S/C14H27N3O5/c1-7(2)11(14(4,5)22)17-12(20)8(3)16-13(21)9(15)6-10(18)19/h7-9,11,22H,6,15H2,1-5H3,(H,16,21)(H,17,20)(H,18,19)/t8-,9+,11?/m1/s1.